The molecule has 1 heterocycles. The molecule has 0 aliphatic heterocycles. The summed E-state index contributed by atoms with van der Waals surface area (Å²) in [7, 11) is 0. The summed E-state index contributed by atoms with van der Waals surface area (Å²) >= 11 is 3.34. The SMILES string of the molecule is CC(Oc1ccc(Br)cc1)C(=O)OCc1ccccn1. The molecule has 1 unspecified atom stereocenters. The topological polar surface area (TPSA) is 48.4 Å². The molecule has 5 heteroatoms. The van der Waals surface area contributed by atoms with Crippen LogP contribution < -0.4 is 4.74 Å². The third-order valence-electron chi connectivity index (χ3n) is 2.55. The number of pyridine rings is 1. The molecule has 1 atom stereocenters. The summed E-state index contributed by atoms with van der Waals surface area (Å²) in [4.78, 5) is 15.9. The lowest BCUT2D eigenvalue weighted by Gasteiger charge is -2.13. The predicted molar refractivity (Wildman–Crippen MR) is 78.3 cm³/mol. The van der Waals surface area contributed by atoms with E-state index in [1.807, 2.05) is 24.3 Å². The first kappa shape index (κ1) is 14.5. The normalized spacial score (nSPS) is 11.7. The molecule has 0 saturated heterocycles. The molecule has 4 nitrogen and oxygen atoms in total. The molecule has 0 radical (unpaired) electrons. The van der Waals surface area contributed by atoms with Crippen LogP contribution in [0.5, 0.6) is 5.75 Å². The zero-order chi connectivity index (χ0) is 14.4. The average Bonchev–Trinajstić information content (AvgIpc) is 2.48. The van der Waals surface area contributed by atoms with Gasteiger partial charge < -0.3 is 9.47 Å². The monoisotopic (exact) mass is 335 g/mol. The molecule has 0 spiro atoms. The van der Waals surface area contributed by atoms with E-state index in [2.05, 4.69) is 20.9 Å². The highest BCUT2D eigenvalue weighted by molar-refractivity contribution is 9.10. The van der Waals surface area contributed by atoms with Gasteiger partial charge in [0.15, 0.2) is 6.10 Å². The number of carbonyl (C=O) groups is 1. The summed E-state index contributed by atoms with van der Waals surface area (Å²) in [5, 5.41) is 0. The van der Waals surface area contributed by atoms with E-state index in [9.17, 15) is 4.79 Å². The van der Waals surface area contributed by atoms with Gasteiger partial charge in [-0.3, -0.25) is 4.98 Å². The van der Waals surface area contributed by atoms with Gasteiger partial charge in [0.2, 0.25) is 0 Å². The minimum absolute atomic E-state index is 0.147. The van der Waals surface area contributed by atoms with Crippen LogP contribution in [0.15, 0.2) is 53.1 Å². The molecule has 0 N–H and O–H groups in total. The van der Waals surface area contributed by atoms with Gasteiger partial charge in [-0.15, -0.1) is 0 Å². The molecule has 0 saturated carbocycles. The zero-order valence-corrected chi connectivity index (χ0v) is 12.5. The van der Waals surface area contributed by atoms with Crippen molar-refractivity contribution in [2.45, 2.75) is 19.6 Å². The van der Waals surface area contributed by atoms with Crippen molar-refractivity contribution in [3.8, 4) is 5.75 Å². The van der Waals surface area contributed by atoms with Crippen LogP contribution in [0.3, 0.4) is 0 Å². The van der Waals surface area contributed by atoms with Gasteiger partial charge in [0.1, 0.15) is 12.4 Å². The molecule has 1 aromatic heterocycles. The van der Waals surface area contributed by atoms with E-state index in [1.165, 1.54) is 0 Å². The van der Waals surface area contributed by atoms with Crippen LogP contribution in [-0.2, 0) is 16.1 Å². The number of benzene rings is 1. The number of hydrogen-bond acceptors (Lipinski definition) is 4. The smallest absolute Gasteiger partial charge is 0.347 e. The molecule has 0 aliphatic carbocycles. The molecular weight excluding hydrogens is 322 g/mol. The number of carbonyl (C=O) groups excluding carboxylic acids is 1. The maximum Gasteiger partial charge on any atom is 0.347 e. The highest BCUT2D eigenvalue weighted by Crippen LogP contribution is 2.17. The second-order valence-corrected chi connectivity index (χ2v) is 5.06. The van der Waals surface area contributed by atoms with Crippen molar-refractivity contribution < 1.29 is 14.3 Å². The van der Waals surface area contributed by atoms with Gasteiger partial charge in [0.05, 0.1) is 5.69 Å². The van der Waals surface area contributed by atoms with Crippen molar-refractivity contribution in [3.63, 3.8) is 0 Å². The standard InChI is InChI=1S/C15H14BrNO3/c1-11(20-14-7-5-12(16)6-8-14)15(18)19-10-13-4-2-3-9-17-13/h2-9,11H,10H2,1H3. The first-order chi connectivity index (χ1) is 9.65. The summed E-state index contributed by atoms with van der Waals surface area (Å²) in [5.74, 6) is 0.203. The van der Waals surface area contributed by atoms with E-state index in [0.717, 1.165) is 4.47 Å². The summed E-state index contributed by atoms with van der Waals surface area (Å²) in [6.07, 6.45) is 0.991. The molecule has 0 aliphatic rings. The molecule has 0 fully saturated rings. The minimum atomic E-state index is -0.667. The second-order valence-electron chi connectivity index (χ2n) is 4.14. The molecule has 2 rings (SSSR count). The third-order valence-corrected chi connectivity index (χ3v) is 3.08. The summed E-state index contributed by atoms with van der Waals surface area (Å²) in [6.45, 7) is 1.80. The Bertz CT molecular complexity index is 557. The second kappa shape index (κ2) is 7.05. The molecule has 104 valence electrons. The van der Waals surface area contributed by atoms with Crippen LogP contribution in [0.2, 0.25) is 0 Å². The van der Waals surface area contributed by atoms with E-state index < -0.39 is 12.1 Å². The highest BCUT2D eigenvalue weighted by Gasteiger charge is 2.16. The van der Waals surface area contributed by atoms with Crippen LogP contribution in [0.1, 0.15) is 12.6 Å². The van der Waals surface area contributed by atoms with E-state index in [4.69, 9.17) is 9.47 Å². The Morgan fingerprint density at radius 2 is 2.00 bits per heavy atom. The quantitative estimate of drug-likeness (QED) is 0.786. The molecule has 20 heavy (non-hydrogen) atoms. The fourth-order valence-corrected chi connectivity index (χ4v) is 1.78. The number of nitrogens with zero attached hydrogens (tertiary/aromatic N) is 1. The Balaban J connectivity index is 1.84. The van der Waals surface area contributed by atoms with Crippen LogP contribution in [0.4, 0.5) is 0 Å². The van der Waals surface area contributed by atoms with Crippen molar-refractivity contribution >= 4 is 21.9 Å². The molecule has 2 aromatic rings. The van der Waals surface area contributed by atoms with E-state index in [0.29, 0.717) is 11.4 Å². The van der Waals surface area contributed by atoms with Crippen molar-refractivity contribution in [1.29, 1.82) is 0 Å². The highest BCUT2D eigenvalue weighted by atomic mass is 79.9. The molecule has 0 amide bonds. The van der Waals surface area contributed by atoms with Gasteiger partial charge >= 0.3 is 5.97 Å². The first-order valence-electron chi connectivity index (χ1n) is 6.14. The van der Waals surface area contributed by atoms with Gasteiger partial charge in [-0.25, -0.2) is 4.79 Å². The van der Waals surface area contributed by atoms with Gasteiger partial charge in [-0.1, -0.05) is 22.0 Å². The zero-order valence-electron chi connectivity index (χ0n) is 11.0. The number of esters is 1. The summed E-state index contributed by atoms with van der Waals surface area (Å²) < 4.78 is 11.6. The Hall–Kier alpha value is -1.88. The lowest BCUT2D eigenvalue weighted by atomic mass is 10.3. The van der Waals surface area contributed by atoms with Crippen molar-refractivity contribution in [3.05, 3.63) is 58.8 Å². The lowest BCUT2D eigenvalue weighted by Crippen LogP contribution is -2.26. The lowest BCUT2D eigenvalue weighted by molar-refractivity contribution is -0.152. The first-order valence-corrected chi connectivity index (χ1v) is 6.93. The molecule has 1 aromatic carbocycles. The van der Waals surface area contributed by atoms with Crippen LogP contribution >= 0.6 is 15.9 Å². The minimum Gasteiger partial charge on any atom is -0.479 e. The molecular formula is C15H14BrNO3. The van der Waals surface area contributed by atoms with Crippen molar-refractivity contribution in [2.75, 3.05) is 0 Å². The summed E-state index contributed by atoms with van der Waals surface area (Å²) in [5.41, 5.74) is 0.705. The molecule has 0 bridgehead atoms. The number of halogens is 1. The van der Waals surface area contributed by atoms with Crippen LogP contribution in [0, 0.1) is 0 Å². The van der Waals surface area contributed by atoms with E-state index >= 15 is 0 Å². The van der Waals surface area contributed by atoms with Gasteiger partial charge in [0.25, 0.3) is 0 Å². The fraction of sp³-hybridized carbons (Fsp3) is 0.200. The van der Waals surface area contributed by atoms with Crippen molar-refractivity contribution in [2.24, 2.45) is 0 Å². The average molecular weight is 336 g/mol. The van der Waals surface area contributed by atoms with E-state index in [-0.39, 0.29) is 6.61 Å². The van der Waals surface area contributed by atoms with Gasteiger partial charge in [0, 0.05) is 10.7 Å². The number of ether oxygens (including phenoxy) is 2. The maximum atomic E-state index is 11.8. The van der Waals surface area contributed by atoms with Crippen molar-refractivity contribution in [1.82, 2.24) is 4.98 Å². The largest absolute Gasteiger partial charge is 0.479 e. The number of hydrogen-bond donors (Lipinski definition) is 0. The van der Waals surface area contributed by atoms with Gasteiger partial charge in [-0.2, -0.15) is 0 Å². The summed E-state index contributed by atoms with van der Waals surface area (Å²) in [6, 6.07) is 12.7. The van der Waals surface area contributed by atoms with Gasteiger partial charge in [-0.05, 0) is 43.3 Å². The van der Waals surface area contributed by atoms with Crippen LogP contribution in [-0.4, -0.2) is 17.1 Å². The fourth-order valence-electron chi connectivity index (χ4n) is 1.51. The Morgan fingerprint density at radius 1 is 1.25 bits per heavy atom. The maximum absolute atomic E-state index is 11.8. The predicted octanol–water partition coefficient (Wildman–Crippen LogP) is 3.35. The third kappa shape index (κ3) is 4.35. The Kier molecular flexibility index (Phi) is 5.12. The Labute approximate surface area is 125 Å². The number of rotatable bonds is 5. The van der Waals surface area contributed by atoms with Crippen LogP contribution in [0.25, 0.3) is 0 Å². The number of aromatic nitrogens is 1. The Morgan fingerprint density at radius 3 is 2.65 bits per heavy atom. The van der Waals surface area contributed by atoms with E-state index in [1.54, 1.807) is 31.3 Å².